The van der Waals surface area contributed by atoms with Gasteiger partial charge >= 0.3 is 12.2 Å². The number of carbonyl (C=O) groups excluding carboxylic acids is 1. The summed E-state index contributed by atoms with van der Waals surface area (Å²) in [5, 5.41) is 2.99. The van der Waals surface area contributed by atoms with Gasteiger partial charge in [-0.25, -0.2) is 4.98 Å². The number of anilines is 2. The Kier molecular flexibility index (Phi) is 5.17. The summed E-state index contributed by atoms with van der Waals surface area (Å²) in [6.07, 6.45) is -9.74. The van der Waals surface area contributed by atoms with Crippen LogP contribution in [0.2, 0.25) is 0 Å². The SMILES string of the molecule is CCSc1c(C(=O)Nc2cc3c(cc2N)OC(F)(F)C(F)(F)O3)nc(Br)n1C. The number of carbonyl (C=O) groups is 1. The number of alkyl halides is 4. The van der Waals surface area contributed by atoms with Crippen molar-refractivity contribution in [2.75, 3.05) is 16.8 Å². The number of amides is 1. The molecule has 0 saturated carbocycles. The average molecular weight is 485 g/mol. The first kappa shape index (κ1) is 20.6. The fourth-order valence-corrected chi connectivity index (χ4v) is 3.63. The Hall–Kier alpha value is -2.15. The van der Waals surface area contributed by atoms with Crippen molar-refractivity contribution in [1.82, 2.24) is 9.55 Å². The number of imidazole rings is 1. The number of nitrogens with one attached hydrogen (secondary N) is 1. The predicted molar refractivity (Wildman–Crippen MR) is 97.3 cm³/mol. The minimum absolute atomic E-state index is 0.0763. The van der Waals surface area contributed by atoms with Gasteiger partial charge in [-0.1, -0.05) is 6.92 Å². The molecule has 3 rings (SSSR count). The van der Waals surface area contributed by atoms with Crippen LogP contribution in [0.1, 0.15) is 17.4 Å². The number of hydrogen-bond acceptors (Lipinski definition) is 6. The number of ether oxygens (including phenoxy) is 2. The summed E-state index contributed by atoms with van der Waals surface area (Å²) in [4.78, 5) is 16.7. The molecule has 2 heterocycles. The number of nitrogens with zero attached hydrogens (tertiary/aromatic N) is 2. The summed E-state index contributed by atoms with van der Waals surface area (Å²) in [6, 6.07) is 1.75. The lowest BCUT2D eigenvalue weighted by Gasteiger charge is -2.32. The zero-order valence-electron chi connectivity index (χ0n) is 14.4. The predicted octanol–water partition coefficient (Wildman–Crippen LogP) is 4.09. The van der Waals surface area contributed by atoms with Crippen molar-refractivity contribution in [3.63, 3.8) is 0 Å². The molecule has 0 fully saturated rings. The molecule has 1 aromatic carbocycles. The van der Waals surface area contributed by atoms with E-state index < -0.39 is 29.6 Å². The number of rotatable bonds is 4. The fraction of sp³-hybridized carbons (Fsp3) is 0.333. The maximum atomic E-state index is 13.4. The summed E-state index contributed by atoms with van der Waals surface area (Å²) in [5.41, 5.74) is 5.51. The Labute approximate surface area is 168 Å². The van der Waals surface area contributed by atoms with E-state index in [2.05, 4.69) is 35.7 Å². The number of nitrogen functional groups attached to an aromatic ring is 1. The molecule has 0 aliphatic carbocycles. The average Bonchev–Trinajstić information content (AvgIpc) is 2.86. The number of benzene rings is 1. The third-order valence-corrected chi connectivity index (χ3v) is 5.40. The summed E-state index contributed by atoms with van der Waals surface area (Å²) in [7, 11) is 1.70. The minimum Gasteiger partial charge on any atom is -0.421 e. The Balaban J connectivity index is 1.93. The number of fused-ring (bicyclic) bond motifs is 1. The second-order valence-electron chi connectivity index (χ2n) is 5.60. The molecule has 1 aromatic heterocycles. The van der Waals surface area contributed by atoms with Gasteiger partial charge < -0.3 is 25.1 Å². The highest BCUT2D eigenvalue weighted by atomic mass is 79.9. The first-order valence-electron chi connectivity index (χ1n) is 7.70. The van der Waals surface area contributed by atoms with Crippen molar-refractivity contribution in [3.8, 4) is 11.5 Å². The smallest absolute Gasteiger partial charge is 0.421 e. The van der Waals surface area contributed by atoms with Crippen LogP contribution in [0.3, 0.4) is 0 Å². The summed E-state index contributed by atoms with van der Waals surface area (Å²) < 4.78 is 63.4. The van der Waals surface area contributed by atoms with Crippen molar-refractivity contribution < 1.29 is 31.8 Å². The lowest BCUT2D eigenvalue weighted by Crippen LogP contribution is -2.52. The molecule has 7 nitrogen and oxygen atoms in total. The number of hydrogen-bond donors (Lipinski definition) is 2. The molecule has 2 aromatic rings. The van der Waals surface area contributed by atoms with Gasteiger partial charge in [0.25, 0.3) is 5.91 Å². The van der Waals surface area contributed by atoms with E-state index in [0.29, 0.717) is 15.5 Å². The molecule has 1 aliphatic heterocycles. The van der Waals surface area contributed by atoms with Crippen molar-refractivity contribution in [2.24, 2.45) is 7.05 Å². The lowest BCUT2D eigenvalue weighted by atomic mass is 10.2. The van der Waals surface area contributed by atoms with Gasteiger partial charge in [-0.15, -0.1) is 11.8 Å². The molecule has 0 atom stereocenters. The van der Waals surface area contributed by atoms with Gasteiger partial charge in [-0.3, -0.25) is 4.79 Å². The zero-order valence-corrected chi connectivity index (χ0v) is 16.8. The molecule has 13 heteroatoms. The van der Waals surface area contributed by atoms with Crippen LogP contribution in [-0.4, -0.2) is 33.4 Å². The number of nitrogens with two attached hydrogens (primary N) is 1. The van der Waals surface area contributed by atoms with Crippen LogP contribution in [0.25, 0.3) is 0 Å². The number of thioether (sulfide) groups is 1. The number of aromatic nitrogens is 2. The highest BCUT2D eigenvalue weighted by Crippen LogP contribution is 2.49. The molecule has 28 heavy (non-hydrogen) atoms. The first-order chi connectivity index (χ1) is 13.0. The van der Waals surface area contributed by atoms with Crippen molar-refractivity contribution in [3.05, 3.63) is 22.6 Å². The van der Waals surface area contributed by atoms with E-state index in [1.807, 2.05) is 6.92 Å². The zero-order chi connectivity index (χ0) is 20.9. The molecule has 152 valence electrons. The van der Waals surface area contributed by atoms with Gasteiger partial charge in [-0.2, -0.15) is 17.6 Å². The summed E-state index contributed by atoms with van der Waals surface area (Å²) >= 11 is 4.59. The summed E-state index contributed by atoms with van der Waals surface area (Å²) in [6.45, 7) is 1.89. The normalized spacial score (nSPS) is 16.7. The Morgan fingerprint density at radius 3 is 2.43 bits per heavy atom. The van der Waals surface area contributed by atoms with Gasteiger partial charge in [-0.05, 0) is 21.7 Å². The maximum absolute atomic E-state index is 13.4. The lowest BCUT2D eigenvalue weighted by molar-refractivity contribution is -0.391. The molecular weight excluding hydrogens is 472 g/mol. The molecule has 3 N–H and O–H groups in total. The topological polar surface area (TPSA) is 91.4 Å². The van der Waals surface area contributed by atoms with E-state index in [4.69, 9.17) is 5.73 Å². The molecule has 0 saturated heterocycles. The Morgan fingerprint density at radius 1 is 1.29 bits per heavy atom. The highest BCUT2D eigenvalue weighted by Gasteiger charge is 2.66. The van der Waals surface area contributed by atoms with Crippen molar-refractivity contribution in [1.29, 1.82) is 0 Å². The van der Waals surface area contributed by atoms with Crippen LogP contribution in [0, 0.1) is 0 Å². The van der Waals surface area contributed by atoms with E-state index in [0.717, 1.165) is 12.1 Å². The van der Waals surface area contributed by atoms with E-state index in [1.54, 1.807) is 11.6 Å². The van der Waals surface area contributed by atoms with Gasteiger partial charge in [0.15, 0.2) is 21.9 Å². The van der Waals surface area contributed by atoms with Gasteiger partial charge in [0.2, 0.25) is 0 Å². The van der Waals surface area contributed by atoms with Crippen LogP contribution in [-0.2, 0) is 7.05 Å². The van der Waals surface area contributed by atoms with Crippen molar-refractivity contribution >= 4 is 45.0 Å². The van der Waals surface area contributed by atoms with E-state index in [1.165, 1.54) is 11.8 Å². The molecule has 0 unspecified atom stereocenters. The fourth-order valence-electron chi connectivity index (χ4n) is 2.33. The molecule has 1 amide bonds. The standard InChI is InChI=1S/C15H13BrF4N4O3S/c1-3-28-12-10(23-13(16)24(12)2)11(25)22-7-5-9-8(4-6(7)21)26-14(17,18)15(19,20)27-9/h4-5H,3,21H2,1-2H3,(H,22,25). The largest absolute Gasteiger partial charge is 0.507 e. The Morgan fingerprint density at radius 2 is 1.86 bits per heavy atom. The third-order valence-electron chi connectivity index (χ3n) is 3.66. The second-order valence-corrected chi connectivity index (χ2v) is 7.57. The van der Waals surface area contributed by atoms with Crippen LogP contribution in [0.15, 0.2) is 21.9 Å². The van der Waals surface area contributed by atoms with Crippen molar-refractivity contribution in [2.45, 2.75) is 24.2 Å². The quantitative estimate of drug-likeness (QED) is 0.385. The van der Waals surface area contributed by atoms with E-state index >= 15 is 0 Å². The van der Waals surface area contributed by atoms with E-state index in [-0.39, 0.29) is 17.1 Å². The maximum Gasteiger partial charge on any atom is 0.507 e. The summed E-state index contributed by atoms with van der Waals surface area (Å²) in [5.74, 6) is -1.36. The highest BCUT2D eigenvalue weighted by molar-refractivity contribution is 9.10. The van der Waals surface area contributed by atoms with Crippen LogP contribution in [0.4, 0.5) is 28.9 Å². The van der Waals surface area contributed by atoms with Gasteiger partial charge in [0, 0.05) is 19.2 Å². The third kappa shape index (κ3) is 3.48. The molecule has 0 spiro atoms. The van der Waals surface area contributed by atoms with Gasteiger partial charge in [0.05, 0.1) is 11.4 Å². The molecule has 1 aliphatic rings. The monoisotopic (exact) mass is 484 g/mol. The number of halogens is 5. The first-order valence-corrected chi connectivity index (χ1v) is 9.48. The van der Waals surface area contributed by atoms with E-state index in [9.17, 15) is 22.4 Å². The molecule has 0 radical (unpaired) electrons. The second kappa shape index (κ2) is 7.03. The van der Waals surface area contributed by atoms with Crippen LogP contribution in [0.5, 0.6) is 11.5 Å². The molecular formula is C15H13BrF4N4O3S. The molecule has 0 bridgehead atoms. The van der Waals surface area contributed by atoms with Crippen LogP contribution < -0.4 is 20.5 Å². The minimum atomic E-state index is -4.88. The Bertz CT molecular complexity index is 954. The van der Waals surface area contributed by atoms with Crippen LogP contribution >= 0.6 is 27.7 Å². The van der Waals surface area contributed by atoms with Gasteiger partial charge in [0.1, 0.15) is 5.03 Å².